The van der Waals surface area contributed by atoms with Crippen molar-refractivity contribution in [3.05, 3.63) is 66.5 Å². The Hall–Kier alpha value is -3.78. The normalized spacial score (nSPS) is 13.2. The lowest BCUT2D eigenvalue weighted by molar-refractivity contribution is 0.655. The van der Waals surface area contributed by atoms with Crippen LogP contribution in [0.4, 0.5) is 5.82 Å². The number of fused-ring (bicyclic) bond motifs is 1. The summed E-state index contributed by atoms with van der Waals surface area (Å²) in [6.45, 7) is -2.47. The molecule has 0 aliphatic rings. The SMILES string of the molecule is [2H]C([2H])([2H])n1ncc(-c2ccc3nc(-c4cccnc4N)n(-c4ccc(CCl)cc4)c3n2)n1. The summed E-state index contributed by atoms with van der Waals surface area (Å²) in [5, 5.41) is 7.92. The summed E-state index contributed by atoms with van der Waals surface area (Å²) >= 11 is 5.96. The molecule has 0 radical (unpaired) electrons. The molecule has 30 heavy (non-hydrogen) atoms. The average Bonchev–Trinajstić information content (AvgIpc) is 3.44. The number of nitrogens with zero attached hydrogens (tertiary/aromatic N) is 7. The monoisotopic (exact) mass is 419 g/mol. The van der Waals surface area contributed by atoms with Crippen molar-refractivity contribution in [1.29, 1.82) is 0 Å². The number of benzene rings is 1. The molecule has 0 aliphatic carbocycles. The first-order valence-corrected chi connectivity index (χ1v) is 9.57. The Morgan fingerprint density at radius 1 is 1.07 bits per heavy atom. The van der Waals surface area contributed by atoms with Crippen LogP contribution in [0.5, 0.6) is 0 Å². The van der Waals surface area contributed by atoms with Crippen molar-refractivity contribution in [2.45, 2.75) is 5.88 Å². The molecule has 2 N–H and O–H groups in total. The zero-order valence-electron chi connectivity index (χ0n) is 18.6. The molecule has 1 aromatic carbocycles. The van der Waals surface area contributed by atoms with E-state index in [1.54, 1.807) is 24.4 Å². The molecule has 0 aliphatic heterocycles. The fourth-order valence-corrected chi connectivity index (χ4v) is 3.42. The Bertz CT molecular complexity index is 1460. The van der Waals surface area contributed by atoms with E-state index in [4.69, 9.17) is 31.4 Å². The van der Waals surface area contributed by atoms with E-state index in [0.717, 1.165) is 11.3 Å². The van der Waals surface area contributed by atoms with E-state index in [0.29, 0.717) is 50.4 Å². The lowest BCUT2D eigenvalue weighted by Gasteiger charge is -2.11. The van der Waals surface area contributed by atoms with Gasteiger partial charge >= 0.3 is 0 Å². The molecule has 8 nitrogen and oxygen atoms in total. The molecule has 4 aromatic heterocycles. The van der Waals surface area contributed by atoms with Crippen LogP contribution in [-0.4, -0.2) is 34.5 Å². The van der Waals surface area contributed by atoms with Gasteiger partial charge in [0.15, 0.2) is 11.5 Å². The van der Waals surface area contributed by atoms with Crippen LogP contribution in [-0.2, 0) is 12.9 Å². The second-order valence-electron chi connectivity index (χ2n) is 6.57. The number of rotatable bonds is 4. The zero-order chi connectivity index (χ0) is 23.2. The van der Waals surface area contributed by atoms with Gasteiger partial charge in [-0.2, -0.15) is 15.0 Å². The lowest BCUT2D eigenvalue weighted by Crippen LogP contribution is -2.02. The molecule has 0 atom stereocenters. The Morgan fingerprint density at radius 2 is 1.93 bits per heavy atom. The van der Waals surface area contributed by atoms with Gasteiger partial charge in [0, 0.05) is 28.9 Å². The highest BCUT2D eigenvalue weighted by molar-refractivity contribution is 6.17. The van der Waals surface area contributed by atoms with Gasteiger partial charge in [-0.15, -0.1) is 11.6 Å². The second kappa shape index (κ2) is 7.23. The van der Waals surface area contributed by atoms with Gasteiger partial charge in [-0.25, -0.2) is 15.0 Å². The van der Waals surface area contributed by atoms with Crippen molar-refractivity contribution in [1.82, 2.24) is 34.5 Å². The summed E-state index contributed by atoms with van der Waals surface area (Å²) in [5.41, 5.74) is 10.6. The quantitative estimate of drug-likeness (QED) is 0.447. The third-order valence-corrected chi connectivity index (χ3v) is 5.00. The summed E-state index contributed by atoms with van der Waals surface area (Å²) in [5.74, 6) is 1.31. The molecule has 0 unspecified atom stereocenters. The number of aromatic nitrogens is 7. The average molecular weight is 420 g/mol. The minimum atomic E-state index is -2.47. The molecule has 5 aromatic rings. The van der Waals surface area contributed by atoms with Gasteiger partial charge in [-0.05, 0) is 42.0 Å². The number of nitrogens with two attached hydrogens (primary N) is 1. The van der Waals surface area contributed by atoms with Gasteiger partial charge < -0.3 is 5.73 Å². The molecule has 148 valence electrons. The minimum Gasteiger partial charge on any atom is -0.383 e. The van der Waals surface area contributed by atoms with E-state index >= 15 is 0 Å². The van der Waals surface area contributed by atoms with Gasteiger partial charge in [-0.1, -0.05) is 12.1 Å². The molecule has 0 bridgehead atoms. The first kappa shape index (κ1) is 15.1. The van der Waals surface area contributed by atoms with Crippen molar-refractivity contribution in [2.24, 2.45) is 6.98 Å². The number of aryl methyl sites for hydroxylation is 1. The number of halogens is 1. The topological polar surface area (TPSA) is 100 Å². The number of alkyl halides is 1. The summed E-state index contributed by atoms with van der Waals surface area (Å²) in [6, 6.07) is 14.9. The number of hydrogen-bond donors (Lipinski definition) is 1. The second-order valence-corrected chi connectivity index (χ2v) is 6.83. The Morgan fingerprint density at radius 3 is 2.67 bits per heavy atom. The van der Waals surface area contributed by atoms with Gasteiger partial charge in [0.25, 0.3) is 0 Å². The summed E-state index contributed by atoms with van der Waals surface area (Å²) in [6.07, 6.45) is 2.99. The molecular formula is C21H17ClN8. The largest absolute Gasteiger partial charge is 0.383 e. The fraction of sp³-hybridized carbons (Fsp3) is 0.0952. The highest BCUT2D eigenvalue weighted by atomic mass is 35.5. The van der Waals surface area contributed by atoms with Crippen LogP contribution in [0, 0.1) is 0 Å². The van der Waals surface area contributed by atoms with Crippen LogP contribution in [0.1, 0.15) is 9.68 Å². The predicted octanol–water partition coefficient (Wildman–Crippen LogP) is 3.60. The fourth-order valence-electron chi connectivity index (χ4n) is 3.25. The maximum absolute atomic E-state index is 7.49. The van der Waals surface area contributed by atoms with Gasteiger partial charge in [0.05, 0.1) is 17.5 Å². The van der Waals surface area contributed by atoms with Crippen LogP contribution in [0.2, 0.25) is 0 Å². The van der Waals surface area contributed by atoms with Crippen LogP contribution in [0.3, 0.4) is 0 Å². The van der Waals surface area contributed by atoms with Gasteiger partial charge in [0.1, 0.15) is 17.0 Å². The maximum Gasteiger partial charge on any atom is 0.165 e. The first-order chi connectivity index (χ1) is 15.8. The van der Waals surface area contributed by atoms with Crippen molar-refractivity contribution >= 4 is 28.6 Å². The maximum atomic E-state index is 7.49. The minimum absolute atomic E-state index is 0.334. The summed E-state index contributed by atoms with van der Waals surface area (Å²) in [7, 11) is 0. The summed E-state index contributed by atoms with van der Waals surface area (Å²) < 4.78 is 24.3. The van der Waals surface area contributed by atoms with E-state index < -0.39 is 6.98 Å². The van der Waals surface area contributed by atoms with Crippen LogP contribution < -0.4 is 5.73 Å². The summed E-state index contributed by atoms with van der Waals surface area (Å²) in [4.78, 5) is 14.4. The molecule has 0 amide bonds. The van der Waals surface area contributed by atoms with E-state index in [2.05, 4.69) is 15.2 Å². The smallest absolute Gasteiger partial charge is 0.165 e. The highest BCUT2D eigenvalue weighted by Gasteiger charge is 2.19. The standard InChI is InChI=1S/C21H17ClN8/c1-29-25-12-18(28-29)16-8-9-17-21(26-16)30(14-6-4-13(11-22)5-7-14)20(27-17)15-3-2-10-24-19(15)23/h2-10,12H,11H2,1H3,(H2,23,24)/i1D3. The number of hydrogen-bond acceptors (Lipinski definition) is 6. The predicted molar refractivity (Wildman–Crippen MR) is 116 cm³/mol. The van der Waals surface area contributed by atoms with E-state index in [9.17, 15) is 0 Å². The number of nitrogen functional groups attached to an aromatic ring is 1. The molecule has 9 heteroatoms. The van der Waals surface area contributed by atoms with E-state index in [1.807, 2.05) is 34.9 Å². The van der Waals surface area contributed by atoms with Crippen LogP contribution in [0.15, 0.2) is 60.9 Å². The van der Waals surface area contributed by atoms with Gasteiger partial charge in [0.2, 0.25) is 0 Å². The lowest BCUT2D eigenvalue weighted by atomic mass is 10.2. The number of pyridine rings is 2. The molecule has 0 spiro atoms. The van der Waals surface area contributed by atoms with Crippen molar-refractivity contribution in [3.63, 3.8) is 0 Å². The highest BCUT2D eigenvalue weighted by Crippen LogP contribution is 2.31. The number of anilines is 1. The molecule has 0 saturated heterocycles. The zero-order valence-corrected chi connectivity index (χ0v) is 16.3. The Balaban J connectivity index is 1.74. The molecule has 4 heterocycles. The molecule has 5 rings (SSSR count). The Kier molecular flexibility index (Phi) is 3.64. The van der Waals surface area contributed by atoms with Gasteiger partial charge in [-0.3, -0.25) is 4.57 Å². The van der Waals surface area contributed by atoms with E-state index in [1.165, 1.54) is 6.20 Å². The van der Waals surface area contributed by atoms with Crippen molar-refractivity contribution < 1.29 is 4.11 Å². The third kappa shape index (κ3) is 3.07. The van der Waals surface area contributed by atoms with Crippen molar-refractivity contribution in [3.8, 4) is 28.5 Å². The van der Waals surface area contributed by atoms with Crippen molar-refractivity contribution in [2.75, 3.05) is 5.73 Å². The first-order valence-electron chi connectivity index (χ1n) is 10.5. The third-order valence-electron chi connectivity index (χ3n) is 4.69. The molecular weight excluding hydrogens is 400 g/mol. The molecule has 0 saturated carbocycles. The van der Waals surface area contributed by atoms with E-state index in [-0.39, 0.29) is 0 Å². The van der Waals surface area contributed by atoms with Crippen LogP contribution in [0.25, 0.3) is 39.6 Å². The Labute approximate surface area is 181 Å². The van der Waals surface area contributed by atoms with Crippen LogP contribution >= 0.6 is 11.6 Å². The number of imidazole rings is 1. The molecule has 0 fully saturated rings.